The van der Waals surface area contributed by atoms with Crippen molar-refractivity contribution < 1.29 is 28.4 Å². The first kappa shape index (κ1) is 31.6. The maximum atomic E-state index is 6.80. The van der Waals surface area contributed by atoms with E-state index in [0.29, 0.717) is 33.0 Å². The summed E-state index contributed by atoms with van der Waals surface area (Å²) in [4.78, 5) is 0. The molecule has 1 aliphatic heterocycles. The minimum absolute atomic E-state index is 0.125. The first-order chi connectivity index (χ1) is 22.3. The minimum Gasteiger partial charge on any atom is -0.374 e. The van der Waals surface area contributed by atoms with Crippen molar-refractivity contribution in [1.29, 1.82) is 0 Å². The van der Waals surface area contributed by atoms with E-state index in [0.717, 1.165) is 47.9 Å². The van der Waals surface area contributed by atoms with Gasteiger partial charge < -0.3 is 28.4 Å². The Morgan fingerprint density at radius 3 is 1.40 bits per heavy atom. The second kappa shape index (κ2) is 16.8. The molecule has 1 saturated heterocycles. The zero-order valence-electron chi connectivity index (χ0n) is 25.8. The minimum atomic E-state index is -0.625. The number of hydrogen-bond donors (Lipinski definition) is 0. The highest BCUT2D eigenvalue weighted by Crippen LogP contribution is 2.34. The summed E-state index contributed by atoms with van der Waals surface area (Å²) in [7, 11) is 0. The summed E-state index contributed by atoms with van der Waals surface area (Å²) in [5.41, 5.74) is 4.34. The van der Waals surface area contributed by atoms with Crippen molar-refractivity contribution in [2.45, 2.75) is 88.9 Å². The van der Waals surface area contributed by atoms with E-state index in [1.165, 1.54) is 0 Å². The van der Waals surface area contributed by atoms with Gasteiger partial charge in [-0.05, 0) is 35.1 Å². The Morgan fingerprint density at radius 1 is 0.489 bits per heavy atom. The first-order valence-corrected chi connectivity index (χ1v) is 16.2. The molecule has 2 aliphatic rings. The Bertz CT molecular complexity index is 1360. The molecule has 0 spiro atoms. The molecule has 0 bridgehead atoms. The Balaban J connectivity index is 1.28. The van der Waals surface area contributed by atoms with Crippen LogP contribution in [0.15, 0.2) is 121 Å². The molecule has 1 aliphatic carbocycles. The van der Waals surface area contributed by atoms with Gasteiger partial charge in [-0.25, -0.2) is 0 Å². The average molecular weight is 609 g/mol. The molecule has 0 radical (unpaired) electrons. The second-order valence-corrected chi connectivity index (χ2v) is 11.9. The van der Waals surface area contributed by atoms with E-state index in [9.17, 15) is 0 Å². The lowest BCUT2D eigenvalue weighted by molar-refractivity contribution is -0.335. The lowest BCUT2D eigenvalue weighted by atomic mass is 9.97. The molecule has 0 N–H and O–H groups in total. The fourth-order valence-electron chi connectivity index (χ4n) is 6.07. The summed E-state index contributed by atoms with van der Waals surface area (Å²) in [6, 6.07) is 40.8. The molecule has 5 atom stereocenters. The van der Waals surface area contributed by atoms with Crippen LogP contribution < -0.4 is 0 Å². The lowest BCUT2D eigenvalue weighted by Gasteiger charge is -2.46. The molecule has 6 rings (SSSR count). The van der Waals surface area contributed by atoms with Crippen molar-refractivity contribution >= 4 is 0 Å². The van der Waals surface area contributed by atoms with E-state index < -0.39 is 30.7 Å². The summed E-state index contributed by atoms with van der Waals surface area (Å²) < 4.78 is 40.0. The van der Waals surface area contributed by atoms with Crippen LogP contribution in [0.5, 0.6) is 0 Å². The van der Waals surface area contributed by atoms with Gasteiger partial charge in [-0.1, -0.05) is 134 Å². The normalized spacial score (nSPS) is 23.7. The molecule has 236 valence electrons. The summed E-state index contributed by atoms with van der Waals surface area (Å²) in [5.74, 6) is 0. The van der Waals surface area contributed by atoms with Gasteiger partial charge in [-0.3, -0.25) is 0 Å². The molecule has 2 fully saturated rings. The third-order valence-electron chi connectivity index (χ3n) is 8.47. The van der Waals surface area contributed by atoms with Crippen molar-refractivity contribution in [2.75, 3.05) is 6.61 Å². The molecular formula is C39H44O6. The summed E-state index contributed by atoms with van der Waals surface area (Å²) in [5, 5.41) is 0. The molecule has 6 heteroatoms. The van der Waals surface area contributed by atoms with Gasteiger partial charge in [0, 0.05) is 0 Å². The third-order valence-corrected chi connectivity index (χ3v) is 8.47. The van der Waals surface area contributed by atoms with Crippen LogP contribution in [0.4, 0.5) is 0 Å². The Labute approximate surface area is 267 Å². The van der Waals surface area contributed by atoms with E-state index in [4.69, 9.17) is 28.4 Å². The SMILES string of the molecule is c1ccc(COC[C@H]2O[C@@H](OC3CCCC3)[C@@H](OCc3ccccc3)[C@@H](OCc3ccccc3)[C@@H]2OCc2ccccc2)cc1. The van der Waals surface area contributed by atoms with E-state index >= 15 is 0 Å². The monoisotopic (exact) mass is 608 g/mol. The standard InChI is InChI=1S/C39H44O6/c1-5-15-30(16-6-1)25-40-29-35-36(41-26-31-17-7-2-8-18-31)37(42-27-32-19-9-3-10-20-32)38(43-28-33-21-11-4-12-22-33)39(45-35)44-34-23-13-14-24-34/h1-12,15-22,34-39H,13-14,23-29H2/t35-,36-,37+,38+,39-/m1/s1. The number of benzene rings is 4. The molecule has 0 unspecified atom stereocenters. The predicted octanol–water partition coefficient (Wildman–Crippen LogP) is 7.64. The molecule has 1 heterocycles. The summed E-state index contributed by atoms with van der Waals surface area (Å²) >= 11 is 0. The van der Waals surface area contributed by atoms with E-state index in [2.05, 4.69) is 48.5 Å². The van der Waals surface area contributed by atoms with Gasteiger partial charge in [0.25, 0.3) is 0 Å². The van der Waals surface area contributed by atoms with Gasteiger partial charge in [0.1, 0.15) is 24.4 Å². The fourth-order valence-corrected chi connectivity index (χ4v) is 6.07. The van der Waals surface area contributed by atoms with Crippen LogP contribution >= 0.6 is 0 Å². The molecule has 0 amide bonds. The lowest BCUT2D eigenvalue weighted by Crippen LogP contribution is -2.62. The van der Waals surface area contributed by atoms with E-state index in [1.807, 2.05) is 72.8 Å². The van der Waals surface area contributed by atoms with Gasteiger partial charge >= 0.3 is 0 Å². The third kappa shape index (κ3) is 9.33. The van der Waals surface area contributed by atoms with Gasteiger partial charge in [0.15, 0.2) is 6.29 Å². The zero-order valence-corrected chi connectivity index (χ0v) is 25.8. The highest BCUT2D eigenvalue weighted by molar-refractivity contribution is 5.16. The van der Waals surface area contributed by atoms with Crippen LogP contribution in [-0.2, 0) is 54.8 Å². The topological polar surface area (TPSA) is 55.4 Å². The van der Waals surface area contributed by atoms with Crippen LogP contribution in [0.2, 0.25) is 0 Å². The van der Waals surface area contributed by atoms with Crippen molar-refractivity contribution in [1.82, 2.24) is 0 Å². The van der Waals surface area contributed by atoms with Gasteiger partial charge in [-0.2, -0.15) is 0 Å². The van der Waals surface area contributed by atoms with Crippen molar-refractivity contribution in [2.24, 2.45) is 0 Å². The zero-order chi connectivity index (χ0) is 30.5. The quantitative estimate of drug-likeness (QED) is 0.138. The molecule has 4 aromatic carbocycles. The fraction of sp³-hybridized carbons (Fsp3) is 0.385. The predicted molar refractivity (Wildman–Crippen MR) is 173 cm³/mol. The molecule has 6 nitrogen and oxygen atoms in total. The average Bonchev–Trinajstić information content (AvgIpc) is 3.61. The number of ether oxygens (including phenoxy) is 6. The van der Waals surface area contributed by atoms with E-state index in [-0.39, 0.29) is 6.10 Å². The molecule has 1 saturated carbocycles. The highest BCUT2D eigenvalue weighted by Gasteiger charge is 2.49. The van der Waals surface area contributed by atoms with Gasteiger partial charge in [0.2, 0.25) is 0 Å². The van der Waals surface area contributed by atoms with Crippen molar-refractivity contribution in [3.8, 4) is 0 Å². The number of hydrogen-bond acceptors (Lipinski definition) is 6. The Kier molecular flexibility index (Phi) is 11.8. The van der Waals surface area contributed by atoms with Gasteiger partial charge in [0.05, 0.1) is 39.1 Å². The van der Waals surface area contributed by atoms with Crippen LogP contribution in [0, 0.1) is 0 Å². The maximum absolute atomic E-state index is 6.80. The Morgan fingerprint density at radius 2 is 0.911 bits per heavy atom. The van der Waals surface area contributed by atoms with Crippen molar-refractivity contribution in [3.05, 3.63) is 144 Å². The van der Waals surface area contributed by atoms with E-state index in [1.54, 1.807) is 0 Å². The second-order valence-electron chi connectivity index (χ2n) is 11.9. The smallest absolute Gasteiger partial charge is 0.187 e. The molecular weight excluding hydrogens is 564 g/mol. The highest BCUT2D eigenvalue weighted by atomic mass is 16.7. The molecule has 45 heavy (non-hydrogen) atoms. The maximum Gasteiger partial charge on any atom is 0.187 e. The molecule has 4 aromatic rings. The van der Waals surface area contributed by atoms with Crippen LogP contribution in [0.1, 0.15) is 47.9 Å². The number of rotatable bonds is 15. The molecule has 0 aromatic heterocycles. The van der Waals surface area contributed by atoms with Crippen molar-refractivity contribution in [3.63, 3.8) is 0 Å². The van der Waals surface area contributed by atoms with Gasteiger partial charge in [-0.15, -0.1) is 0 Å². The first-order valence-electron chi connectivity index (χ1n) is 16.2. The van der Waals surface area contributed by atoms with Crippen LogP contribution in [0.3, 0.4) is 0 Å². The van der Waals surface area contributed by atoms with Crippen LogP contribution in [-0.4, -0.2) is 43.4 Å². The summed E-state index contributed by atoms with van der Waals surface area (Å²) in [6.45, 7) is 2.04. The summed E-state index contributed by atoms with van der Waals surface area (Å²) in [6.07, 6.45) is 1.98. The Hall–Kier alpha value is -3.36. The van der Waals surface area contributed by atoms with Crippen LogP contribution in [0.25, 0.3) is 0 Å². The largest absolute Gasteiger partial charge is 0.374 e.